The van der Waals surface area contributed by atoms with Crippen LogP contribution >= 0.6 is 25.3 Å². The lowest BCUT2D eigenvalue weighted by molar-refractivity contribution is 0.289. The molecule has 0 saturated heterocycles. The van der Waals surface area contributed by atoms with Crippen molar-refractivity contribution in [2.75, 3.05) is 0 Å². The maximum absolute atomic E-state index is 4.40. The molecule has 5 heteroatoms. The van der Waals surface area contributed by atoms with Crippen LogP contribution in [0.3, 0.4) is 0 Å². The van der Waals surface area contributed by atoms with Gasteiger partial charge in [0.25, 0.3) is 0 Å². The molecular formula is C13H15N3S2. The quantitative estimate of drug-likeness (QED) is 0.650. The van der Waals surface area contributed by atoms with Gasteiger partial charge < -0.3 is 0 Å². The van der Waals surface area contributed by atoms with Crippen molar-refractivity contribution < 1.29 is 0 Å². The zero-order chi connectivity index (χ0) is 12.8. The van der Waals surface area contributed by atoms with Gasteiger partial charge in [0.15, 0.2) is 0 Å². The van der Waals surface area contributed by atoms with E-state index in [-0.39, 0.29) is 4.71 Å². The predicted molar refractivity (Wildman–Crippen MR) is 79.5 cm³/mol. The van der Waals surface area contributed by atoms with E-state index in [0.29, 0.717) is 0 Å². The molecule has 0 saturated carbocycles. The van der Waals surface area contributed by atoms with Crippen LogP contribution in [-0.2, 0) is 13.1 Å². The second-order valence-electron chi connectivity index (χ2n) is 3.97. The third-order valence-electron chi connectivity index (χ3n) is 2.54. The van der Waals surface area contributed by atoms with Crippen molar-refractivity contribution in [2.45, 2.75) is 17.8 Å². The molecule has 0 amide bonds. The van der Waals surface area contributed by atoms with Gasteiger partial charge in [-0.15, -0.1) is 25.3 Å². The van der Waals surface area contributed by atoms with Crippen LogP contribution in [0, 0.1) is 0 Å². The molecule has 2 heterocycles. The van der Waals surface area contributed by atoms with Crippen LogP contribution in [0.2, 0.25) is 0 Å². The van der Waals surface area contributed by atoms with Crippen LogP contribution in [0.15, 0.2) is 49.1 Å². The van der Waals surface area contributed by atoms with Crippen molar-refractivity contribution in [3.8, 4) is 0 Å². The minimum atomic E-state index is -0.120. The molecule has 0 radical (unpaired) electrons. The fourth-order valence-corrected chi connectivity index (χ4v) is 2.00. The highest BCUT2D eigenvalue weighted by Gasteiger charge is 2.12. The molecule has 2 rings (SSSR count). The Hall–Kier alpha value is -1.04. The molecule has 0 bridgehead atoms. The summed E-state index contributed by atoms with van der Waals surface area (Å²) in [5, 5.41) is 0. The van der Waals surface area contributed by atoms with Gasteiger partial charge in [-0.05, 0) is 23.3 Å². The van der Waals surface area contributed by atoms with Crippen LogP contribution in [0.25, 0.3) is 0 Å². The van der Waals surface area contributed by atoms with Gasteiger partial charge in [-0.25, -0.2) is 0 Å². The summed E-state index contributed by atoms with van der Waals surface area (Å²) in [4.78, 5) is 10.4. The Balaban J connectivity index is 2.05. The third-order valence-corrected chi connectivity index (χ3v) is 3.20. The number of pyridine rings is 2. The van der Waals surface area contributed by atoms with Gasteiger partial charge in [0.1, 0.15) is 0 Å². The monoisotopic (exact) mass is 277 g/mol. The van der Waals surface area contributed by atoms with Gasteiger partial charge in [-0.3, -0.25) is 14.9 Å². The Morgan fingerprint density at radius 2 is 1.44 bits per heavy atom. The van der Waals surface area contributed by atoms with Gasteiger partial charge in [-0.2, -0.15) is 0 Å². The lowest BCUT2D eigenvalue weighted by Crippen LogP contribution is -2.26. The van der Waals surface area contributed by atoms with Crippen molar-refractivity contribution in [3.05, 3.63) is 60.2 Å². The largest absolute Gasteiger partial charge is 0.275 e. The first-order valence-corrected chi connectivity index (χ1v) is 6.67. The van der Waals surface area contributed by atoms with E-state index in [0.717, 1.165) is 24.2 Å². The fraction of sp³-hybridized carbons (Fsp3) is 0.231. The first kappa shape index (κ1) is 13.4. The molecule has 2 aromatic heterocycles. The summed E-state index contributed by atoms with van der Waals surface area (Å²) in [5.41, 5.74) is 2.30. The normalized spacial score (nSPS) is 11.1. The third kappa shape index (κ3) is 4.01. The van der Waals surface area contributed by atoms with Gasteiger partial charge in [-0.1, -0.05) is 12.1 Å². The van der Waals surface area contributed by atoms with Crippen LogP contribution in [0.5, 0.6) is 0 Å². The summed E-state index contributed by atoms with van der Waals surface area (Å²) in [5.74, 6) is 0. The minimum Gasteiger partial charge on any atom is -0.275 e. The van der Waals surface area contributed by atoms with Crippen LogP contribution in [-0.4, -0.2) is 19.6 Å². The maximum Gasteiger partial charge on any atom is 0.0975 e. The molecule has 94 valence electrons. The van der Waals surface area contributed by atoms with Gasteiger partial charge in [0, 0.05) is 37.9 Å². The van der Waals surface area contributed by atoms with Gasteiger partial charge in [0.05, 0.1) is 4.71 Å². The SMILES string of the molecule is SC(S)N(Cc1cccnc1)Cc1cccnc1. The van der Waals surface area contributed by atoms with Crippen molar-refractivity contribution in [2.24, 2.45) is 0 Å². The van der Waals surface area contributed by atoms with E-state index in [9.17, 15) is 0 Å². The summed E-state index contributed by atoms with van der Waals surface area (Å²) in [6.45, 7) is 1.53. The molecular weight excluding hydrogens is 262 g/mol. The average molecular weight is 277 g/mol. The van der Waals surface area contributed by atoms with Crippen molar-refractivity contribution in [1.29, 1.82) is 0 Å². The standard InChI is InChI=1S/C13H15N3S2/c17-13(18)16(9-11-3-1-5-14-7-11)10-12-4-2-6-15-8-12/h1-8,13,17-18H,9-10H2. The molecule has 3 nitrogen and oxygen atoms in total. The summed E-state index contributed by atoms with van der Waals surface area (Å²) in [6, 6.07) is 7.97. The molecule has 0 unspecified atom stereocenters. The molecule has 0 aliphatic heterocycles. The number of nitrogens with zero attached hydrogens (tertiary/aromatic N) is 3. The van der Waals surface area contributed by atoms with Crippen LogP contribution < -0.4 is 0 Å². The summed E-state index contributed by atoms with van der Waals surface area (Å²) in [6.07, 6.45) is 7.27. The van der Waals surface area contributed by atoms with E-state index in [1.165, 1.54) is 0 Å². The molecule has 0 N–H and O–H groups in total. The number of hydrogen-bond acceptors (Lipinski definition) is 5. The van der Waals surface area contributed by atoms with Crippen molar-refractivity contribution in [1.82, 2.24) is 14.9 Å². The summed E-state index contributed by atoms with van der Waals surface area (Å²) >= 11 is 8.81. The van der Waals surface area contributed by atoms with Crippen LogP contribution in [0.4, 0.5) is 0 Å². The lowest BCUT2D eigenvalue weighted by atomic mass is 10.2. The maximum atomic E-state index is 4.40. The number of aromatic nitrogens is 2. The van der Waals surface area contributed by atoms with E-state index in [4.69, 9.17) is 0 Å². The Morgan fingerprint density at radius 1 is 0.944 bits per heavy atom. The van der Waals surface area contributed by atoms with E-state index >= 15 is 0 Å². The van der Waals surface area contributed by atoms with E-state index < -0.39 is 0 Å². The Bertz CT molecular complexity index is 421. The van der Waals surface area contributed by atoms with Gasteiger partial charge >= 0.3 is 0 Å². The van der Waals surface area contributed by atoms with E-state index in [1.807, 2.05) is 36.7 Å². The molecule has 2 aromatic rings. The second kappa shape index (κ2) is 6.78. The molecule has 0 fully saturated rings. The molecule has 0 atom stereocenters. The van der Waals surface area contributed by atoms with E-state index in [2.05, 4.69) is 40.1 Å². The van der Waals surface area contributed by atoms with Crippen molar-refractivity contribution in [3.63, 3.8) is 0 Å². The number of rotatable bonds is 5. The van der Waals surface area contributed by atoms with Crippen molar-refractivity contribution >= 4 is 25.3 Å². The Kier molecular flexibility index (Phi) is 5.04. The Labute approximate surface area is 118 Å². The first-order valence-electron chi connectivity index (χ1n) is 5.63. The highest BCUT2D eigenvalue weighted by atomic mass is 32.2. The van der Waals surface area contributed by atoms with Gasteiger partial charge in [0.2, 0.25) is 0 Å². The zero-order valence-corrected chi connectivity index (χ0v) is 11.6. The minimum absolute atomic E-state index is 0.120. The van der Waals surface area contributed by atoms with E-state index in [1.54, 1.807) is 12.4 Å². The second-order valence-corrected chi connectivity index (χ2v) is 5.36. The molecule has 0 aliphatic rings. The molecule has 0 spiro atoms. The highest BCUT2D eigenvalue weighted by Crippen LogP contribution is 2.16. The fourth-order valence-electron chi connectivity index (χ4n) is 1.67. The highest BCUT2D eigenvalue weighted by molar-refractivity contribution is 7.99. The smallest absolute Gasteiger partial charge is 0.0975 e. The number of hydrogen-bond donors (Lipinski definition) is 2. The molecule has 0 aromatic carbocycles. The lowest BCUT2D eigenvalue weighted by Gasteiger charge is -2.24. The number of thiol groups is 2. The zero-order valence-electron chi connectivity index (χ0n) is 9.85. The first-order chi connectivity index (χ1) is 8.75. The van der Waals surface area contributed by atoms with Crippen LogP contribution in [0.1, 0.15) is 11.1 Å². The average Bonchev–Trinajstić information content (AvgIpc) is 2.40. The molecule has 18 heavy (non-hydrogen) atoms. The topological polar surface area (TPSA) is 29.0 Å². The summed E-state index contributed by atoms with van der Waals surface area (Å²) < 4.78 is -0.120. The Morgan fingerprint density at radius 3 is 1.78 bits per heavy atom. The molecule has 0 aliphatic carbocycles. The predicted octanol–water partition coefficient (Wildman–Crippen LogP) is 2.62. The summed E-state index contributed by atoms with van der Waals surface area (Å²) in [7, 11) is 0.